The smallest absolute Gasteiger partial charge is 0.272 e. The first kappa shape index (κ1) is 12.2. The van der Waals surface area contributed by atoms with Crippen LogP contribution in [0.3, 0.4) is 0 Å². The van der Waals surface area contributed by atoms with Crippen LogP contribution in [0.1, 0.15) is 5.56 Å². The summed E-state index contributed by atoms with van der Waals surface area (Å²) in [7, 11) is 1.81. The van der Waals surface area contributed by atoms with Crippen molar-refractivity contribution in [3.63, 3.8) is 0 Å². The summed E-state index contributed by atoms with van der Waals surface area (Å²) in [6, 6.07) is 5.07. The Hall–Kier alpha value is -0.870. The zero-order valence-corrected chi connectivity index (χ0v) is 9.02. The number of halogens is 3. The summed E-state index contributed by atoms with van der Waals surface area (Å²) in [5, 5.41) is 3.31. The average molecular weight is 236 g/mol. The van der Waals surface area contributed by atoms with E-state index in [2.05, 4.69) is 5.32 Å². The van der Waals surface area contributed by atoms with Crippen molar-refractivity contribution in [2.75, 3.05) is 13.7 Å². The Morgan fingerprint density at radius 3 is 2.73 bits per heavy atom. The molecule has 0 aliphatic heterocycles. The zero-order valence-electron chi connectivity index (χ0n) is 8.27. The van der Waals surface area contributed by atoms with E-state index in [0.29, 0.717) is 11.6 Å². The van der Waals surface area contributed by atoms with Gasteiger partial charge in [0.15, 0.2) is 0 Å². The van der Waals surface area contributed by atoms with E-state index in [9.17, 15) is 8.78 Å². The third-order valence-corrected chi connectivity index (χ3v) is 2.04. The summed E-state index contributed by atoms with van der Waals surface area (Å²) >= 11 is 5.85. The maximum atomic E-state index is 11.9. The summed E-state index contributed by atoms with van der Waals surface area (Å²) in [6.07, 6.45) is -2.49. The lowest BCUT2D eigenvalue weighted by atomic mass is 10.2. The van der Waals surface area contributed by atoms with Crippen LogP contribution in [0.4, 0.5) is 8.78 Å². The molecule has 0 aromatic heterocycles. The highest BCUT2D eigenvalue weighted by Crippen LogP contribution is 2.25. The normalized spacial score (nSPS) is 10.7. The molecular weight excluding hydrogens is 224 g/mol. The Morgan fingerprint density at radius 2 is 2.20 bits per heavy atom. The van der Waals surface area contributed by atoms with E-state index >= 15 is 0 Å². The molecule has 2 nitrogen and oxygen atoms in total. The van der Waals surface area contributed by atoms with Gasteiger partial charge in [0.2, 0.25) is 0 Å². The molecule has 1 rings (SSSR count). The summed E-state index contributed by atoms with van der Waals surface area (Å²) in [6.45, 7) is 0.0416. The van der Waals surface area contributed by atoms with Gasteiger partial charge in [-0.05, 0) is 24.7 Å². The van der Waals surface area contributed by atoms with Gasteiger partial charge in [-0.25, -0.2) is 8.78 Å². The predicted molar refractivity (Wildman–Crippen MR) is 55.7 cm³/mol. The van der Waals surface area contributed by atoms with Crippen LogP contribution in [-0.4, -0.2) is 20.1 Å². The Labute approximate surface area is 92.2 Å². The SMILES string of the molecule is CNCc1ccc(OCC(F)F)c(Cl)c1. The standard InChI is InChI=1S/C10H12ClF2NO/c1-14-5-7-2-3-9(8(11)4-7)15-6-10(12)13/h2-4,10,14H,5-6H2,1H3. The van der Waals surface area contributed by atoms with Crippen molar-refractivity contribution < 1.29 is 13.5 Å². The van der Waals surface area contributed by atoms with E-state index in [1.165, 1.54) is 0 Å². The molecule has 0 bridgehead atoms. The average Bonchev–Trinajstić information content (AvgIpc) is 2.17. The fraction of sp³-hybridized carbons (Fsp3) is 0.400. The molecule has 1 aromatic rings. The lowest BCUT2D eigenvalue weighted by Gasteiger charge is -2.08. The molecule has 1 aromatic carbocycles. The maximum Gasteiger partial charge on any atom is 0.272 e. The van der Waals surface area contributed by atoms with Crippen molar-refractivity contribution in [2.24, 2.45) is 0 Å². The monoisotopic (exact) mass is 235 g/mol. The number of hydrogen-bond donors (Lipinski definition) is 1. The first-order chi connectivity index (χ1) is 7.13. The van der Waals surface area contributed by atoms with Gasteiger partial charge in [-0.1, -0.05) is 17.7 Å². The van der Waals surface area contributed by atoms with Gasteiger partial charge >= 0.3 is 0 Å². The lowest BCUT2D eigenvalue weighted by molar-refractivity contribution is 0.0819. The molecule has 15 heavy (non-hydrogen) atoms. The van der Waals surface area contributed by atoms with Gasteiger partial charge in [0, 0.05) is 6.54 Å². The second-order valence-electron chi connectivity index (χ2n) is 3.00. The highest BCUT2D eigenvalue weighted by molar-refractivity contribution is 6.32. The molecule has 0 aliphatic carbocycles. The number of nitrogens with one attached hydrogen (secondary N) is 1. The molecule has 0 saturated carbocycles. The second-order valence-corrected chi connectivity index (χ2v) is 3.40. The molecule has 0 radical (unpaired) electrons. The summed E-state index contributed by atoms with van der Waals surface area (Å²) < 4.78 is 28.6. The molecule has 84 valence electrons. The fourth-order valence-electron chi connectivity index (χ4n) is 1.13. The summed E-state index contributed by atoms with van der Waals surface area (Å²) in [5.41, 5.74) is 0.979. The van der Waals surface area contributed by atoms with E-state index in [0.717, 1.165) is 5.56 Å². The van der Waals surface area contributed by atoms with Gasteiger partial charge in [-0.2, -0.15) is 0 Å². The second kappa shape index (κ2) is 5.88. The Kier molecular flexibility index (Phi) is 4.78. The highest BCUT2D eigenvalue weighted by Gasteiger charge is 2.07. The molecule has 0 amide bonds. The van der Waals surface area contributed by atoms with Crippen LogP contribution in [0.25, 0.3) is 0 Å². The predicted octanol–water partition coefficient (Wildman–Crippen LogP) is 2.70. The molecule has 0 fully saturated rings. The third kappa shape index (κ3) is 4.01. The first-order valence-electron chi connectivity index (χ1n) is 4.47. The van der Waals surface area contributed by atoms with Crippen molar-refractivity contribution >= 4 is 11.6 Å². The van der Waals surface area contributed by atoms with Crippen LogP contribution in [0.15, 0.2) is 18.2 Å². The molecule has 0 spiro atoms. The summed E-state index contributed by atoms with van der Waals surface area (Å²) in [5.74, 6) is 0.289. The molecule has 0 aliphatic rings. The van der Waals surface area contributed by atoms with E-state index < -0.39 is 13.0 Å². The number of hydrogen-bond acceptors (Lipinski definition) is 2. The first-order valence-corrected chi connectivity index (χ1v) is 4.85. The minimum atomic E-state index is -2.49. The molecule has 0 atom stereocenters. The maximum absolute atomic E-state index is 11.9. The van der Waals surface area contributed by atoms with Crippen molar-refractivity contribution in [2.45, 2.75) is 13.0 Å². The van der Waals surface area contributed by atoms with Gasteiger partial charge in [-0.15, -0.1) is 0 Å². The number of rotatable bonds is 5. The van der Waals surface area contributed by atoms with E-state index in [-0.39, 0.29) is 5.75 Å². The molecule has 5 heteroatoms. The molecule has 0 unspecified atom stereocenters. The van der Waals surface area contributed by atoms with Crippen molar-refractivity contribution in [3.8, 4) is 5.75 Å². The van der Waals surface area contributed by atoms with Gasteiger partial charge in [0.25, 0.3) is 6.43 Å². The van der Waals surface area contributed by atoms with Gasteiger partial charge in [0.1, 0.15) is 12.4 Å². The number of benzene rings is 1. The topological polar surface area (TPSA) is 21.3 Å². The molecule has 0 saturated heterocycles. The highest BCUT2D eigenvalue weighted by atomic mass is 35.5. The molecule has 1 N–H and O–H groups in total. The molecular formula is C10H12ClF2NO. The quantitative estimate of drug-likeness (QED) is 0.847. The van der Waals surface area contributed by atoms with Crippen LogP contribution in [0.2, 0.25) is 5.02 Å². The Morgan fingerprint density at radius 1 is 1.47 bits per heavy atom. The van der Waals surface area contributed by atoms with Crippen LogP contribution in [0, 0.1) is 0 Å². The van der Waals surface area contributed by atoms with Crippen LogP contribution in [0.5, 0.6) is 5.75 Å². The summed E-state index contributed by atoms with van der Waals surface area (Å²) in [4.78, 5) is 0. The lowest BCUT2D eigenvalue weighted by Crippen LogP contribution is -2.08. The van der Waals surface area contributed by atoms with Crippen LogP contribution < -0.4 is 10.1 Å². The van der Waals surface area contributed by atoms with Gasteiger partial charge in [0.05, 0.1) is 5.02 Å². The fourth-order valence-corrected chi connectivity index (χ4v) is 1.39. The van der Waals surface area contributed by atoms with Crippen molar-refractivity contribution in [3.05, 3.63) is 28.8 Å². The van der Waals surface area contributed by atoms with Gasteiger partial charge < -0.3 is 10.1 Å². The zero-order chi connectivity index (χ0) is 11.3. The number of alkyl halides is 2. The Bertz CT molecular complexity index is 320. The van der Waals surface area contributed by atoms with Crippen LogP contribution in [-0.2, 0) is 6.54 Å². The van der Waals surface area contributed by atoms with Gasteiger partial charge in [-0.3, -0.25) is 0 Å². The van der Waals surface area contributed by atoms with E-state index in [1.54, 1.807) is 18.2 Å². The van der Waals surface area contributed by atoms with E-state index in [1.807, 2.05) is 7.05 Å². The minimum absolute atomic E-state index is 0.289. The largest absolute Gasteiger partial charge is 0.486 e. The van der Waals surface area contributed by atoms with Crippen LogP contribution >= 0.6 is 11.6 Å². The third-order valence-electron chi connectivity index (χ3n) is 1.74. The Balaban J connectivity index is 2.66. The van der Waals surface area contributed by atoms with Crippen molar-refractivity contribution in [1.82, 2.24) is 5.32 Å². The molecule has 0 heterocycles. The van der Waals surface area contributed by atoms with Crippen molar-refractivity contribution in [1.29, 1.82) is 0 Å². The van der Waals surface area contributed by atoms with E-state index in [4.69, 9.17) is 16.3 Å². The minimum Gasteiger partial charge on any atom is -0.486 e. The number of ether oxygens (including phenoxy) is 1.